The molecule has 0 N–H and O–H groups in total. The first-order valence-corrected chi connectivity index (χ1v) is 4.65. The van der Waals surface area contributed by atoms with Gasteiger partial charge in [-0.25, -0.2) is 4.79 Å². The number of carbonyl (C=O) groups is 1. The standard InChI is InChI=1S/C8H9NO2S/c1-6-2-5-12-7(6)9-3-4-11-8(9)10/h2,5H,3-4H2,1H3. The van der Waals surface area contributed by atoms with Crippen LogP contribution in [0.25, 0.3) is 0 Å². The molecule has 0 saturated carbocycles. The molecule has 1 aromatic heterocycles. The maximum Gasteiger partial charge on any atom is 0.415 e. The average molecular weight is 183 g/mol. The Morgan fingerprint density at radius 2 is 2.50 bits per heavy atom. The van der Waals surface area contributed by atoms with Crippen molar-refractivity contribution in [3.63, 3.8) is 0 Å². The summed E-state index contributed by atoms with van der Waals surface area (Å²) in [4.78, 5) is 12.8. The Morgan fingerprint density at radius 1 is 1.67 bits per heavy atom. The van der Waals surface area contributed by atoms with E-state index in [1.807, 2.05) is 18.4 Å². The van der Waals surface area contributed by atoms with E-state index in [-0.39, 0.29) is 6.09 Å². The van der Waals surface area contributed by atoms with Gasteiger partial charge in [-0.2, -0.15) is 0 Å². The second kappa shape index (κ2) is 2.79. The highest BCUT2D eigenvalue weighted by atomic mass is 32.1. The predicted molar refractivity (Wildman–Crippen MR) is 47.8 cm³/mol. The molecular weight excluding hydrogens is 174 g/mol. The molecule has 1 aliphatic heterocycles. The van der Waals surface area contributed by atoms with Crippen molar-refractivity contribution in [3.8, 4) is 0 Å². The van der Waals surface area contributed by atoms with Crippen molar-refractivity contribution in [1.29, 1.82) is 0 Å². The maximum absolute atomic E-state index is 11.1. The second-order valence-electron chi connectivity index (χ2n) is 2.67. The normalized spacial score (nSPS) is 16.8. The molecule has 1 fully saturated rings. The van der Waals surface area contributed by atoms with Crippen molar-refractivity contribution in [2.24, 2.45) is 0 Å². The number of aryl methyl sites for hydroxylation is 1. The van der Waals surface area contributed by atoms with Crippen LogP contribution in [-0.2, 0) is 4.74 Å². The fraction of sp³-hybridized carbons (Fsp3) is 0.375. The third-order valence-electron chi connectivity index (χ3n) is 1.84. The monoisotopic (exact) mass is 183 g/mol. The van der Waals surface area contributed by atoms with Crippen LogP contribution < -0.4 is 4.90 Å². The van der Waals surface area contributed by atoms with E-state index < -0.39 is 0 Å². The van der Waals surface area contributed by atoms with Crippen molar-refractivity contribution in [2.75, 3.05) is 18.1 Å². The molecule has 2 heterocycles. The molecule has 0 aromatic carbocycles. The van der Waals surface area contributed by atoms with Gasteiger partial charge in [0.15, 0.2) is 0 Å². The molecule has 0 bridgehead atoms. The minimum absolute atomic E-state index is 0.222. The average Bonchev–Trinajstić information content (AvgIpc) is 2.59. The van der Waals surface area contributed by atoms with E-state index >= 15 is 0 Å². The molecule has 0 atom stereocenters. The zero-order valence-electron chi connectivity index (χ0n) is 6.74. The van der Waals surface area contributed by atoms with E-state index in [0.29, 0.717) is 13.2 Å². The molecule has 2 rings (SSSR count). The van der Waals surface area contributed by atoms with E-state index in [0.717, 1.165) is 10.6 Å². The first-order chi connectivity index (χ1) is 5.79. The van der Waals surface area contributed by atoms with Crippen molar-refractivity contribution < 1.29 is 9.53 Å². The van der Waals surface area contributed by atoms with Crippen LogP contribution in [0.4, 0.5) is 9.80 Å². The van der Waals surface area contributed by atoms with Gasteiger partial charge in [0.05, 0.1) is 6.54 Å². The summed E-state index contributed by atoms with van der Waals surface area (Å²) in [5.74, 6) is 0. The molecule has 1 saturated heterocycles. The van der Waals surface area contributed by atoms with Crippen LogP contribution in [-0.4, -0.2) is 19.2 Å². The van der Waals surface area contributed by atoms with Gasteiger partial charge >= 0.3 is 6.09 Å². The van der Waals surface area contributed by atoms with Gasteiger partial charge in [-0.3, -0.25) is 4.90 Å². The van der Waals surface area contributed by atoms with E-state index in [9.17, 15) is 4.79 Å². The van der Waals surface area contributed by atoms with Crippen LogP contribution in [0, 0.1) is 6.92 Å². The first-order valence-electron chi connectivity index (χ1n) is 3.77. The van der Waals surface area contributed by atoms with Crippen LogP contribution >= 0.6 is 11.3 Å². The molecule has 0 unspecified atom stereocenters. The molecule has 1 aliphatic rings. The Balaban J connectivity index is 2.30. The first kappa shape index (κ1) is 7.61. The lowest BCUT2D eigenvalue weighted by atomic mass is 10.3. The molecule has 0 aliphatic carbocycles. The minimum Gasteiger partial charge on any atom is -0.447 e. The van der Waals surface area contributed by atoms with Crippen LogP contribution in [0.15, 0.2) is 11.4 Å². The van der Waals surface area contributed by atoms with Gasteiger partial charge < -0.3 is 4.74 Å². The smallest absolute Gasteiger partial charge is 0.415 e. The number of carbonyl (C=O) groups excluding carboxylic acids is 1. The second-order valence-corrected chi connectivity index (χ2v) is 3.57. The highest BCUT2D eigenvalue weighted by Gasteiger charge is 2.25. The van der Waals surface area contributed by atoms with Crippen LogP contribution in [0.3, 0.4) is 0 Å². The molecule has 4 heteroatoms. The number of thiophene rings is 1. The summed E-state index contributed by atoms with van der Waals surface area (Å²) in [6.07, 6.45) is -0.222. The number of ether oxygens (including phenoxy) is 1. The van der Waals surface area contributed by atoms with Gasteiger partial charge in [-0.1, -0.05) is 0 Å². The number of anilines is 1. The number of cyclic esters (lactones) is 1. The van der Waals surface area contributed by atoms with Crippen LogP contribution in [0.1, 0.15) is 5.56 Å². The van der Waals surface area contributed by atoms with E-state index in [1.54, 1.807) is 16.2 Å². The summed E-state index contributed by atoms with van der Waals surface area (Å²) in [5, 5.41) is 2.99. The Hall–Kier alpha value is -1.03. The van der Waals surface area contributed by atoms with Gasteiger partial charge in [0.2, 0.25) is 0 Å². The zero-order valence-corrected chi connectivity index (χ0v) is 7.56. The van der Waals surface area contributed by atoms with Crippen molar-refractivity contribution >= 4 is 22.4 Å². The lowest BCUT2D eigenvalue weighted by Crippen LogP contribution is -2.22. The summed E-state index contributed by atoms with van der Waals surface area (Å²) in [5.41, 5.74) is 1.14. The van der Waals surface area contributed by atoms with E-state index in [1.165, 1.54) is 0 Å². The van der Waals surface area contributed by atoms with Gasteiger partial charge in [0.25, 0.3) is 0 Å². The highest BCUT2D eigenvalue weighted by molar-refractivity contribution is 7.14. The van der Waals surface area contributed by atoms with E-state index in [2.05, 4.69) is 0 Å². The third kappa shape index (κ3) is 1.08. The Labute approximate surface area is 74.6 Å². The molecule has 1 aromatic rings. The molecule has 3 nitrogen and oxygen atoms in total. The summed E-state index contributed by atoms with van der Waals surface area (Å²) in [6, 6.07) is 2.01. The Kier molecular flexibility index (Phi) is 1.77. The number of hydrogen-bond donors (Lipinski definition) is 0. The summed E-state index contributed by atoms with van der Waals surface area (Å²) < 4.78 is 4.84. The number of hydrogen-bond acceptors (Lipinski definition) is 3. The van der Waals surface area contributed by atoms with Gasteiger partial charge in [0.1, 0.15) is 11.6 Å². The summed E-state index contributed by atoms with van der Waals surface area (Å²) >= 11 is 1.58. The quantitative estimate of drug-likeness (QED) is 0.666. The third-order valence-corrected chi connectivity index (χ3v) is 2.88. The largest absolute Gasteiger partial charge is 0.447 e. The summed E-state index contributed by atoms with van der Waals surface area (Å²) in [7, 11) is 0. The van der Waals surface area contributed by atoms with Gasteiger partial charge in [-0.05, 0) is 23.9 Å². The Bertz CT molecular complexity index is 308. The van der Waals surface area contributed by atoms with Crippen LogP contribution in [0.5, 0.6) is 0 Å². The van der Waals surface area contributed by atoms with Gasteiger partial charge in [-0.15, -0.1) is 11.3 Å². The predicted octanol–water partition coefficient (Wildman–Crippen LogP) is 2.01. The van der Waals surface area contributed by atoms with Crippen molar-refractivity contribution in [3.05, 3.63) is 17.0 Å². The van der Waals surface area contributed by atoms with Crippen molar-refractivity contribution in [1.82, 2.24) is 0 Å². The zero-order chi connectivity index (χ0) is 8.55. The molecule has 1 amide bonds. The lowest BCUT2D eigenvalue weighted by Gasteiger charge is -2.10. The topological polar surface area (TPSA) is 29.5 Å². The highest BCUT2D eigenvalue weighted by Crippen LogP contribution is 2.28. The van der Waals surface area contributed by atoms with Crippen LogP contribution in [0.2, 0.25) is 0 Å². The molecule has 0 radical (unpaired) electrons. The SMILES string of the molecule is Cc1ccsc1N1CCOC1=O. The molecular formula is C8H9NO2S. The van der Waals surface area contributed by atoms with Gasteiger partial charge in [0, 0.05) is 0 Å². The number of nitrogens with zero attached hydrogens (tertiary/aromatic N) is 1. The Morgan fingerprint density at radius 3 is 3.00 bits per heavy atom. The molecule has 64 valence electrons. The summed E-state index contributed by atoms with van der Waals surface area (Å²) in [6.45, 7) is 3.19. The van der Waals surface area contributed by atoms with E-state index in [4.69, 9.17) is 4.74 Å². The fourth-order valence-corrected chi connectivity index (χ4v) is 2.17. The molecule has 0 spiro atoms. The molecule has 12 heavy (non-hydrogen) atoms. The fourth-order valence-electron chi connectivity index (χ4n) is 1.22. The minimum atomic E-state index is -0.222. The maximum atomic E-state index is 11.1. The lowest BCUT2D eigenvalue weighted by molar-refractivity contribution is 0.181. The number of amides is 1. The number of rotatable bonds is 1. The van der Waals surface area contributed by atoms with Crippen molar-refractivity contribution in [2.45, 2.75) is 6.92 Å².